The zero-order valence-corrected chi connectivity index (χ0v) is 47.5. The first-order valence-corrected chi connectivity index (χ1v) is 31.1. The van der Waals surface area contributed by atoms with Crippen molar-refractivity contribution < 1.29 is 28.6 Å². The van der Waals surface area contributed by atoms with Gasteiger partial charge in [0.2, 0.25) is 0 Å². The third-order valence-electron chi connectivity index (χ3n) is 13.8. The molecule has 0 N–H and O–H groups in total. The number of hydrogen-bond donors (Lipinski definition) is 0. The van der Waals surface area contributed by atoms with Gasteiger partial charge in [-0.05, 0) is 83.5 Å². The van der Waals surface area contributed by atoms with Crippen molar-refractivity contribution >= 4 is 17.9 Å². The average molecular weight is 996 g/mol. The minimum atomic E-state index is -0.777. The van der Waals surface area contributed by atoms with E-state index in [1.807, 2.05) is 0 Å². The fourth-order valence-electron chi connectivity index (χ4n) is 9.09. The van der Waals surface area contributed by atoms with E-state index in [-0.39, 0.29) is 31.1 Å². The summed E-state index contributed by atoms with van der Waals surface area (Å²) in [5.74, 6) is -0.873. The van der Waals surface area contributed by atoms with Gasteiger partial charge >= 0.3 is 17.9 Å². The SMILES string of the molecule is CCCCC/C=C\C/C=C\CCCCCCCC(=O)OC(COC(=O)CCCCCCCCCCCCC)COC(=O)CCCCCCCCCCCCCCCCC/C=C\C/C=C\CCCCCCC. The first kappa shape index (κ1) is 68.4. The van der Waals surface area contributed by atoms with Gasteiger partial charge in [0, 0.05) is 19.3 Å². The lowest BCUT2D eigenvalue weighted by molar-refractivity contribution is -0.167. The van der Waals surface area contributed by atoms with Crippen LogP contribution in [-0.4, -0.2) is 37.2 Å². The van der Waals surface area contributed by atoms with Gasteiger partial charge in [-0.15, -0.1) is 0 Å². The molecule has 0 radical (unpaired) electrons. The predicted octanol–water partition coefficient (Wildman–Crippen LogP) is 21.0. The molecule has 0 spiro atoms. The van der Waals surface area contributed by atoms with Crippen LogP contribution in [0.2, 0.25) is 0 Å². The fourth-order valence-corrected chi connectivity index (χ4v) is 9.09. The highest BCUT2D eigenvalue weighted by atomic mass is 16.6. The van der Waals surface area contributed by atoms with Crippen LogP contribution in [0, 0.1) is 0 Å². The molecule has 0 aliphatic rings. The molecule has 0 saturated carbocycles. The number of ether oxygens (including phenoxy) is 3. The summed E-state index contributed by atoms with van der Waals surface area (Å²) < 4.78 is 16.9. The van der Waals surface area contributed by atoms with Crippen molar-refractivity contribution in [1.29, 1.82) is 0 Å². The van der Waals surface area contributed by atoms with Crippen molar-refractivity contribution in [2.24, 2.45) is 0 Å². The maximum absolute atomic E-state index is 12.8. The van der Waals surface area contributed by atoms with Gasteiger partial charge in [0.25, 0.3) is 0 Å². The molecule has 0 rings (SSSR count). The number of carbonyl (C=O) groups excluding carboxylic acids is 3. The number of unbranched alkanes of at least 4 members (excludes halogenated alkanes) is 38. The first-order valence-electron chi connectivity index (χ1n) is 31.1. The van der Waals surface area contributed by atoms with E-state index < -0.39 is 6.10 Å². The molecule has 71 heavy (non-hydrogen) atoms. The fraction of sp³-hybridized carbons (Fsp3) is 0.831. The summed E-state index contributed by atoms with van der Waals surface area (Å²) in [5.41, 5.74) is 0. The highest BCUT2D eigenvalue weighted by Gasteiger charge is 2.19. The molecule has 6 heteroatoms. The van der Waals surface area contributed by atoms with Crippen LogP contribution < -0.4 is 0 Å². The molecule has 0 aliphatic carbocycles. The van der Waals surface area contributed by atoms with E-state index in [1.165, 1.54) is 199 Å². The molecule has 0 aliphatic heterocycles. The van der Waals surface area contributed by atoms with Crippen LogP contribution in [0.5, 0.6) is 0 Å². The molecular weight excluding hydrogens is 877 g/mol. The van der Waals surface area contributed by atoms with E-state index in [1.54, 1.807) is 0 Å². The van der Waals surface area contributed by atoms with E-state index in [9.17, 15) is 14.4 Å². The van der Waals surface area contributed by atoms with E-state index in [0.717, 1.165) is 89.9 Å². The Hall–Kier alpha value is -2.63. The zero-order valence-electron chi connectivity index (χ0n) is 47.5. The summed E-state index contributed by atoms with van der Waals surface area (Å²) >= 11 is 0. The minimum absolute atomic E-state index is 0.0750. The zero-order chi connectivity index (χ0) is 51.4. The summed E-state index contributed by atoms with van der Waals surface area (Å²) in [6, 6.07) is 0. The summed E-state index contributed by atoms with van der Waals surface area (Å²) in [5, 5.41) is 0. The Labute approximate surface area is 441 Å². The molecule has 0 heterocycles. The van der Waals surface area contributed by atoms with Gasteiger partial charge in [-0.2, -0.15) is 0 Å². The van der Waals surface area contributed by atoms with Crippen molar-refractivity contribution in [3.8, 4) is 0 Å². The standard InChI is InChI=1S/C65H118O6/c1-4-7-10-13-16-19-22-24-26-27-28-29-30-31-32-33-34-35-36-37-39-40-43-46-49-52-55-58-64(67)70-61-62(60-69-63(66)57-54-51-48-45-42-21-18-15-12-9-6-3)71-65(68)59-56-53-50-47-44-41-38-25-23-20-17-14-11-8-5-2/h17,20,22,24-25,27-28,38,62H,4-16,18-19,21,23,26,29-37,39-61H2,1-3H3/b20-17-,24-22-,28-27-,38-25-. The highest BCUT2D eigenvalue weighted by molar-refractivity contribution is 5.71. The van der Waals surface area contributed by atoms with Crippen molar-refractivity contribution in [3.05, 3.63) is 48.6 Å². The topological polar surface area (TPSA) is 78.9 Å². The van der Waals surface area contributed by atoms with Crippen LogP contribution in [0.3, 0.4) is 0 Å². The molecule has 0 saturated heterocycles. The molecule has 0 aromatic rings. The molecule has 0 aromatic heterocycles. The van der Waals surface area contributed by atoms with E-state index >= 15 is 0 Å². The number of hydrogen-bond acceptors (Lipinski definition) is 6. The van der Waals surface area contributed by atoms with Gasteiger partial charge in [0.1, 0.15) is 13.2 Å². The number of esters is 3. The summed E-state index contributed by atoms with van der Waals surface area (Å²) in [6.45, 7) is 6.62. The Bertz CT molecular complexity index is 1230. The van der Waals surface area contributed by atoms with Crippen LogP contribution in [0.1, 0.15) is 329 Å². The largest absolute Gasteiger partial charge is 0.462 e. The Morgan fingerprint density at radius 3 is 0.803 bits per heavy atom. The molecule has 0 bridgehead atoms. The third kappa shape index (κ3) is 58.1. The average Bonchev–Trinajstić information content (AvgIpc) is 3.37. The van der Waals surface area contributed by atoms with Crippen molar-refractivity contribution in [3.63, 3.8) is 0 Å². The van der Waals surface area contributed by atoms with Gasteiger partial charge < -0.3 is 14.2 Å². The van der Waals surface area contributed by atoms with Crippen LogP contribution in [-0.2, 0) is 28.6 Å². The Morgan fingerprint density at radius 2 is 0.507 bits per heavy atom. The highest BCUT2D eigenvalue weighted by Crippen LogP contribution is 2.17. The smallest absolute Gasteiger partial charge is 0.306 e. The maximum Gasteiger partial charge on any atom is 0.306 e. The molecule has 6 nitrogen and oxygen atoms in total. The molecule has 0 amide bonds. The van der Waals surface area contributed by atoms with Crippen molar-refractivity contribution in [2.75, 3.05) is 13.2 Å². The predicted molar refractivity (Wildman–Crippen MR) is 307 cm³/mol. The van der Waals surface area contributed by atoms with Crippen molar-refractivity contribution in [2.45, 2.75) is 335 Å². The summed E-state index contributed by atoms with van der Waals surface area (Å²) in [6.07, 6.45) is 74.1. The second-order valence-corrected chi connectivity index (χ2v) is 21.0. The van der Waals surface area contributed by atoms with Gasteiger partial charge in [0.15, 0.2) is 6.10 Å². The Kier molecular flexibility index (Phi) is 57.7. The van der Waals surface area contributed by atoms with Gasteiger partial charge in [0.05, 0.1) is 0 Å². The summed E-state index contributed by atoms with van der Waals surface area (Å²) in [4.78, 5) is 38.2. The van der Waals surface area contributed by atoms with Crippen LogP contribution in [0.4, 0.5) is 0 Å². The third-order valence-corrected chi connectivity index (χ3v) is 13.8. The molecule has 1 unspecified atom stereocenters. The number of rotatable bonds is 57. The minimum Gasteiger partial charge on any atom is -0.462 e. The first-order chi connectivity index (χ1) is 35.0. The van der Waals surface area contributed by atoms with Crippen LogP contribution >= 0.6 is 0 Å². The van der Waals surface area contributed by atoms with E-state index in [4.69, 9.17) is 14.2 Å². The Balaban J connectivity index is 4.19. The molecule has 0 fully saturated rings. The number of carbonyl (C=O) groups is 3. The summed E-state index contributed by atoms with van der Waals surface area (Å²) in [7, 11) is 0. The lowest BCUT2D eigenvalue weighted by Crippen LogP contribution is -2.30. The molecule has 0 aromatic carbocycles. The maximum atomic E-state index is 12.8. The van der Waals surface area contributed by atoms with Gasteiger partial charge in [-0.1, -0.05) is 275 Å². The van der Waals surface area contributed by atoms with Crippen LogP contribution in [0.25, 0.3) is 0 Å². The lowest BCUT2D eigenvalue weighted by atomic mass is 10.0. The molecule has 1 atom stereocenters. The van der Waals surface area contributed by atoms with Crippen molar-refractivity contribution in [1.82, 2.24) is 0 Å². The number of allylic oxidation sites excluding steroid dienone is 8. The lowest BCUT2D eigenvalue weighted by Gasteiger charge is -2.18. The second kappa shape index (κ2) is 59.9. The second-order valence-electron chi connectivity index (χ2n) is 21.0. The molecular formula is C65H118O6. The van der Waals surface area contributed by atoms with E-state index in [0.29, 0.717) is 19.3 Å². The van der Waals surface area contributed by atoms with E-state index in [2.05, 4.69) is 69.4 Å². The quantitative estimate of drug-likeness (QED) is 0.0261. The monoisotopic (exact) mass is 995 g/mol. The normalized spacial score (nSPS) is 12.3. The van der Waals surface area contributed by atoms with Gasteiger partial charge in [-0.25, -0.2) is 0 Å². The van der Waals surface area contributed by atoms with Crippen LogP contribution in [0.15, 0.2) is 48.6 Å². The molecule has 414 valence electrons. The Morgan fingerprint density at radius 1 is 0.282 bits per heavy atom. The van der Waals surface area contributed by atoms with Gasteiger partial charge in [-0.3, -0.25) is 14.4 Å².